The van der Waals surface area contributed by atoms with Crippen molar-refractivity contribution in [3.63, 3.8) is 0 Å². The van der Waals surface area contributed by atoms with Crippen molar-refractivity contribution in [2.24, 2.45) is 10.9 Å². The molecule has 3 rings (SSSR count). The third-order valence-corrected chi connectivity index (χ3v) is 3.79. The second kappa shape index (κ2) is 6.65. The van der Waals surface area contributed by atoms with Crippen molar-refractivity contribution >= 4 is 5.90 Å². The van der Waals surface area contributed by atoms with Gasteiger partial charge in [0.15, 0.2) is 0 Å². The molecule has 0 radical (unpaired) electrons. The van der Waals surface area contributed by atoms with E-state index < -0.39 is 0 Å². The van der Waals surface area contributed by atoms with Crippen LogP contribution in [0.1, 0.15) is 25.0 Å². The smallest absolute Gasteiger partial charge is 0.216 e. The fourth-order valence-corrected chi connectivity index (χ4v) is 2.32. The molecule has 22 heavy (non-hydrogen) atoms. The molecule has 0 bridgehead atoms. The molecule has 0 aromatic heterocycles. The second-order valence-electron chi connectivity index (χ2n) is 5.86. The first-order valence-electron chi connectivity index (χ1n) is 7.70. The van der Waals surface area contributed by atoms with E-state index in [1.165, 1.54) is 0 Å². The Morgan fingerprint density at radius 2 is 1.82 bits per heavy atom. The summed E-state index contributed by atoms with van der Waals surface area (Å²) in [5, 5.41) is 0. The van der Waals surface area contributed by atoms with Crippen molar-refractivity contribution in [3.8, 4) is 5.75 Å². The van der Waals surface area contributed by atoms with Crippen molar-refractivity contribution in [2.75, 3.05) is 6.61 Å². The second-order valence-corrected chi connectivity index (χ2v) is 5.86. The van der Waals surface area contributed by atoms with Gasteiger partial charge in [0.1, 0.15) is 19.0 Å². The first kappa shape index (κ1) is 14.6. The van der Waals surface area contributed by atoms with Crippen LogP contribution in [0.15, 0.2) is 59.6 Å². The number of benzene rings is 2. The summed E-state index contributed by atoms with van der Waals surface area (Å²) < 4.78 is 11.5. The minimum Gasteiger partial charge on any atom is -0.489 e. The molecular formula is C19H21NO2. The van der Waals surface area contributed by atoms with Gasteiger partial charge in [0.05, 0.1) is 6.04 Å². The van der Waals surface area contributed by atoms with Gasteiger partial charge in [-0.2, -0.15) is 0 Å². The van der Waals surface area contributed by atoms with Crippen molar-refractivity contribution in [1.82, 2.24) is 0 Å². The third kappa shape index (κ3) is 3.48. The van der Waals surface area contributed by atoms with Crippen LogP contribution in [0, 0.1) is 5.92 Å². The lowest BCUT2D eigenvalue weighted by atomic mass is 10.1. The van der Waals surface area contributed by atoms with Gasteiger partial charge in [-0.25, -0.2) is 4.99 Å². The van der Waals surface area contributed by atoms with Crippen molar-refractivity contribution in [1.29, 1.82) is 0 Å². The molecule has 0 amide bonds. The number of nitrogens with zero attached hydrogens (tertiary/aromatic N) is 1. The molecule has 3 heteroatoms. The molecule has 0 N–H and O–H groups in total. The molecule has 2 aromatic rings. The van der Waals surface area contributed by atoms with Crippen LogP contribution >= 0.6 is 0 Å². The highest BCUT2D eigenvalue weighted by atomic mass is 16.5. The summed E-state index contributed by atoms with van der Waals surface area (Å²) in [5.41, 5.74) is 2.17. The molecule has 0 fully saturated rings. The van der Waals surface area contributed by atoms with E-state index in [0.717, 1.165) is 22.8 Å². The summed E-state index contributed by atoms with van der Waals surface area (Å²) in [7, 11) is 0. The Morgan fingerprint density at radius 1 is 1.09 bits per heavy atom. The number of rotatable bonds is 5. The van der Waals surface area contributed by atoms with Gasteiger partial charge in [-0.1, -0.05) is 44.2 Å². The fraction of sp³-hybridized carbons (Fsp3) is 0.316. The van der Waals surface area contributed by atoms with Crippen molar-refractivity contribution in [2.45, 2.75) is 26.5 Å². The molecule has 1 atom stereocenters. The maximum Gasteiger partial charge on any atom is 0.216 e. The molecule has 0 aliphatic carbocycles. The summed E-state index contributed by atoms with van der Waals surface area (Å²) in [4.78, 5) is 4.63. The first-order valence-corrected chi connectivity index (χ1v) is 7.70. The Morgan fingerprint density at radius 3 is 2.45 bits per heavy atom. The highest BCUT2D eigenvalue weighted by Crippen LogP contribution is 2.20. The maximum absolute atomic E-state index is 5.79. The monoisotopic (exact) mass is 295 g/mol. The molecule has 2 aromatic carbocycles. The van der Waals surface area contributed by atoms with Crippen molar-refractivity contribution in [3.05, 3.63) is 65.7 Å². The number of hydrogen-bond acceptors (Lipinski definition) is 3. The molecule has 0 saturated carbocycles. The molecule has 3 nitrogen and oxygen atoms in total. The van der Waals surface area contributed by atoms with Crippen LogP contribution in [0.25, 0.3) is 0 Å². The molecule has 0 spiro atoms. The molecule has 1 aliphatic heterocycles. The zero-order valence-corrected chi connectivity index (χ0v) is 13.0. The predicted molar refractivity (Wildman–Crippen MR) is 88.3 cm³/mol. The number of ether oxygens (including phenoxy) is 2. The summed E-state index contributed by atoms with van der Waals surface area (Å²) in [6.45, 7) is 5.59. The SMILES string of the molecule is CC(C)[C@@H]1COC(c2ccc(OCc3ccccc3)cc2)=N1. The van der Waals surface area contributed by atoms with Gasteiger partial charge >= 0.3 is 0 Å². The summed E-state index contributed by atoms with van der Waals surface area (Å²) in [6, 6.07) is 18.4. The van der Waals surface area contributed by atoms with Gasteiger partial charge in [0, 0.05) is 5.56 Å². The van der Waals surface area contributed by atoms with Gasteiger partial charge in [-0.05, 0) is 35.7 Å². The quantitative estimate of drug-likeness (QED) is 0.832. The van der Waals surface area contributed by atoms with E-state index in [4.69, 9.17) is 9.47 Å². The zero-order valence-electron chi connectivity index (χ0n) is 13.0. The highest BCUT2D eigenvalue weighted by molar-refractivity contribution is 5.95. The largest absolute Gasteiger partial charge is 0.489 e. The van der Waals surface area contributed by atoms with Gasteiger partial charge < -0.3 is 9.47 Å². The van der Waals surface area contributed by atoms with Crippen LogP contribution < -0.4 is 4.74 Å². The molecule has 0 unspecified atom stereocenters. The van der Waals surface area contributed by atoms with E-state index in [0.29, 0.717) is 19.1 Å². The molecule has 0 saturated heterocycles. The van der Waals surface area contributed by atoms with Crippen molar-refractivity contribution < 1.29 is 9.47 Å². The van der Waals surface area contributed by atoms with Crippen LogP contribution in [0.4, 0.5) is 0 Å². The normalized spacial score (nSPS) is 17.2. The Hall–Kier alpha value is -2.29. The Kier molecular flexibility index (Phi) is 4.42. The van der Waals surface area contributed by atoms with E-state index in [-0.39, 0.29) is 6.04 Å². The van der Waals surface area contributed by atoms with Crippen LogP contribution in [0.2, 0.25) is 0 Å². The molecule has 114 valence electrons. The van der Waals surface area contributed by atoms with Gasteiger partial charge in [0.2, 0.25) is 5.90 Å². The third-order valence-electron chi connectivity index (χ3n) is 3.79. The van der Waals surface area contributed by atoms with Gasteiger partial charge in [-0.15, -0.1) is 0 Å². The lowest BCUT2D eigenvalue weighted by molar-refractivity contribution is 0.291. The average molecular weight is 295 g/mol. The van der Waals surface area contributed by atoms with Crippen LogP contribution in [0.3, 0.4) is 0 Å². The standard InChI is InChI=1S/C19H21NO2/c1-14(2)18-13-22-19(20-18)16-8-10-17(11-9-16)21-12-15-6-4-3-5-7-15/h3-11,14,18H,12-13H2,1-2H3/t18-/m0/s1. The van der Waals surface area contributed by atoms with E-state index in [9.17, 15) is 0 Å². The van der Waals surface area contributed by atoms with E-state index in [2.05, 4.69) is 31.0 Å². The predicted octanol–water partition coefficient (Wildman–Crippen LogP) is 4.07. The van der Waals surface area contributed by atoms with Gasteiger partial charge in [0.25, 0.3) is 0 Å². The fourth-order valence-electron chi connectivity index (χ4n) is 2.32. The Labute approximate surface area is 131 Å². The zero-order chi connectivity index (χ0) is 15.4. The lowest BCUT2D eigenvalue weighted by Crippen LogP contribution is -2.13. The average Bonchev–Trinajstić information content (AvgIpc) is 3.05. The molecule has 1 heterocycles. The maximum atomic E-state index is 5.79. The minimum absolute atomic E-state index is 0.268. The van der Waals surface area contributed by atoms with E-state index in [1.807, 2.05) is 42.5 Å². The minimum atomic E-state index is 0.268. The summed E-state index contributed by atoms with van der Waals surface area (Å²) in [6.07, 6.45) is 0. The lowest BCUT2D eigenvalue weighted by Gasteiger charge is -2.07. The molecule has 1 aliphatic rings. The van der Waals surface area contributed by atoms with Crippen LogP contribution in [-0.2, 0) is 11.3 Å². The van der Waals surface area contributed by atoms with E-state index in [1.54, 1.807) is 0 Å². The highest BCUT2D eigenvalue weighted by Gasteiger charge is 2.22. The van der Waals surface area contributed by atoms with Crippen LogP contribution in [0.5, 0.6) is 5.75 Å². The summed E-state index contributed by atoms with van der Waals surface area (Å²) >= 11 is 0. The number of aliphatic imine (C=N–C) groups is 1. The topological polar surface area (TPSA) is 30.8 Å². The Balaban J connectivity index is 1.62. The van der Waals surface area contributed by atoms with E-state index >= 15 is 0 Å². The number of hydrogen-bond donors (Lipinski definition) is 0. The first-order chi connectivity index (χ1) is 10.7. The van der Waals surface area contributed by atoms with Gasteiger partial charge in [-0.3, -0.25) is 0 Å². The summed E-state index contributed by atoms with van der Waals surface area (Å²) in [5.74, 6) is 2.10. The van der Waals surface area contributed by atoms with Crippen LogP contribution in [-0.4, -0.2) is 18.5 Å². The Bertz CT molecular complexity index is 632. The molecular weight excluding hydrogens is 274 g/mol.